The Morgan fingerprint density at radius 1 is 0.614 bits per heavy atom. The standard InChI is InChI=1S/C22H22N.C19H16N.Ir/c1-22(2,3)16-17-13-14-23-21(15-17)20-11-9-19(10-12-20)18-7-5-4-6-8-18;1-15(16-8-3-2-4-9-16)17-10-7-11-18(14-17)19-12-5-6-13-20-19;/h4-11,13-15H,16H2,1-3H3;2-10,12-15H,1H3;/q2*-1;. The molecule has 1 atom stereocenters. The number of nitrogens with zero attached hydrogens (tertiary/aromatic N) is 2. The minimum Gasteiger partial charge on any atom is -0.305 e. The monoisotopic (exact) mass is 751 g/mol. The summed E-state index contributed by atoms with van der Waals surface area (Å²) in [6, 6.07) is 50.4. The van der Waals surface area contributed by atoms with Gasteiger partial charge in [0.05, 0.1) is 0 Å². The van der Waals surface area contributed by atoms with E-state index in [1.54, 1.807) is 0 Å². The van der Waals surface area contributed by atoms with Crippen molar-refractivity contribution in [2.45, 2.75) is 40.0 Å². The molecule has 0 saturated carbocycles. The van der Waals surface area contributed by atoms with Crippen molar-refractivity contribution in [2.75, 3.05) is 0 Å². The number of pyridine rings is 2. The molecule has 0 aliphatic rings. The van der Waals surface area contributed by atoms with E-state index in [9.17, 15) is 0 Å². The minimum atomic E-state index is 0. The maximum atomic E-state index is 4.51. The maximum Gasteiger partial charge on any atom is 0.0163 e. The van der Waals surface area contributed by atoms with Crippen LogP contribution < -0.4 is 0 Å². The first-order valence-corrected chi connectivity index (χ1v) is 14.9. The summed E-state index contributed by atoms with van der Waals surface area (Å²) >= 11 is 0. The van der Waals surface area contributed by atoms with Gasteiger partial charge in [-0.05, 0) is 46.8 Å². The van der Waals surface area contributed by atoms with Gasteiger partial charge in [0.2, 0.25) is 0 Å². The second-order valence-corrected chi connectivity index (χ2v) is 12.0. The van der Waals surface area contributed by atoms with Gasteiger partial charge in [0.15, 0.2) is 0 Å². The van der Waals surface area contributed by atoms with Crippen LogP contribution in [0.2, 0.25) is 0 Å². The van der Waals surface area contributed by atoms with Gasteiger partial charge in [0.1, 0.15) is 0 Å². The molecule has 1 radical (unpaired) electrons. The van der Waals surface area contributed by atoms with Gasteiger partial charge < -0.3 is 9.97 Å². The van der Waals surface area contributed by atoms with E-state index in [4.69, 9.17) is 0 Å². The summed E-state index contributed by atoms with van der Waals surface area (Å²) in [6.45, 7) is 9.00. The van der Waals surface area contributed by atoms with Gasteiger partial charge in [-0.15, -0.1) is 65.2 Å². The normalized spacial score (nSPS) is 11.5. The molecule has 2 aromatic heterocycles. The molecular weight excluding hydrogens is 713 g/mol. The number of hydrogen-bond acceptors (Lipinski definition) is 2. The van der Waals surface area contributed by atoms with E-state index in [1.165, 1.54) is 27.8 Å². The number of benzene rings is 4. The summed E-state index contributed by atoms with van der Waals surface area (Å²) < 4.78 is 0. The predicted molar refractivity (Wildman–Crippen MR) is 180 cm³/mol. The quantitative estimate of drug-likeness (QED) is 0.159. The Hall–Kier alpha value is -4.17. The molecule has 223 valence electrons. The Bertz CT molecular complexity index is 1710. The molecule has 0 N–H and O–H groups in total. The molecule has 2 heterocycles. The molecule has 4 aromatic carbocycles. The molecule has 0 saturated heterocycles. The average molecular weight is 751 g/mol. The minimum absolute atomic E-state index is 0. The van der Waals surface area contributed by atoms with Crippen LogP contribution in [-0.4, -0.2) is 9.97 Å². The van der Waals surface area contributed by atoms with Crippen LogP contribution in [0.4, 0.5) is 0 Å². The van der Waals surface area contributed by atoms with Crippen molar-refractivity contribution in [1.29, 1.82) is 0 Å². The Labute approximate surface area is 276 Å². The summed E-state index contributed by atoms with van der Waals surface area (Å²) in [5, 5.41) is 0. The Morgan fingerprint density at radius 2 is 1.32 bits per heavy atom. The van der Waals surface area contributed by atoms with Gasteiger partial charge in [-0.3, -0.25) is 0 Å². The van der Waals surface area contributed by atoms with Crippen molar-refractivity contribution in [2.24, 2.45) is 5.41 Å². The summed E-state index contributed by atoms with van der Waals surface area (Å²) in [5.41, 5.74) is 10.7. The van der Waals surface area contributed by atoms with Crippen molar-refractivity contribution < 1.29 is 20.1 Å². The molecule has 0 aliphatic heterocycles. The molecule has 0 spiro atoms. The van der Waals surface area contributed by atoms with Crippen LogP contribution in [0, 0.1) is 17.5 Å². The second-order valence-electron chi connectivity index (χ2n) is 12.0. The Balaban J connectivity index is 0.000000198. The summed E-state index contributed by atoms with van der Waals surface area (Å²) in [4.78, 5) is 8.90. The fourth-order valence-electron chi connectivity index (χ4n) is 5.10. The molecule has 1 unspecified atom stereocenters. The second kappa shape index (κ2) is 15.5. The van der Waals surface area contributed by atoms with Crippen LogP contribution in [0.15, 0.2) is 140 Å². The third-order valence-corrected chi connectivity index (χ3v) is 7.32. The van der Waals surface area contributed by atoms with E-state index in [0.29, 0.717) is 5.92 Å². The van der Waals surface area contributed by atoms with Gasteiger partial charge in [-0.2, -0.15) is 0 Å². The van der Waals surface area contributed by atoms with Gasteiger partial charge >= 0.3 is 0 Å². The zero-order valence-corrected chi connectivity index (χ0v) is 28.2. The van der Waals surface area contributed by atoms with Crippen LogP contribution in [0.3, 0.4) is 0 Å². The van der Waals surface area contributed by atoms with E-state index in [1.807, 2.05) is 54.9 Å². The molecule has 0 bridgehead atoms. The first-order chi connectivity index (χ1) is 20.9. The van der Waals surface area contributed by atoms with Crippen molar-refractivity contribution in [3.05, 3.63) is 169 Å². The zero-order chi connectivity index (χ0) is 30.1. The first kappa shape index (κ1) is 32.7. The van der Waals surface area contributed by atoms with Gasteiger partial charge in [-0.25, -0.2) is 0 Å². The average Bonchev–Trinajstić information content (AvgIpc) is 3.05. The SMILES string of the molecule is CC(C)(C)Cc1ccnc(-c2[c-]cc(-c3ccccc3)cc2)c1.CC(c1ccccc1)c1cc[c-]c(-c2ccccn2)c1.[Ir]. The number of hydrogen-bond donors (Lipinski definition) is 0. The first-order valence-electron chi connectivity index (χ1n) is 14.9. The number of aromatic nitrogens is 2. The fraction of sp³-hybridized carbons (Fsp3) is 0.171. The molecule has 2 nitrogen and oxygen atoms in total. The Kier molecular flexibility index (Phi) is 11.5. The summed E-state index contributed by atoms with van der Waals surface area (Å²) in [5.74, 6) is 0.369. The molecular formula is C41H38IrN2-2. The van der Waals surface area contributed by atoms with E-state index in [2.05, 4.69) is 135 Å². The predicted octanol–water partition coefficient (Wildman–Crippen LogP) is 10.5. The van der Waals surface area contributed by atoms with Gasteiger partial charge in [0, 0.05) is 32.5 Å². The van der Waals surface area contributed by atoms with Crippen LogP contribution in [0.25, 0.3) is 33.6 Å². The van der Waals surface area contributed by atoms with E-state index in [0.717, 1.165) is 28.9 Å². The van der Waals surface area contributed by atoms with Crippen LogP contribution in [-0.2, 0) is 26.5 Å². The maximum absolute atomic E-state index is 4.51. The zero-order valence-electron chi connectivity index (χ0n) is 25.8. The topological polar surface area (TPSA) is 25.8 Å². The van der Waals surface area contributed by atoms with E-state index < -0.39 is 0 Å². The van der Waals surface area contributed by atoms with Gasteiger partial charge in [-0.1, -0.05) is 123 Å². The van der Waals surface area contributed by atoms with Crippen LogP contribution in [0.5, 0.6) is 0 Å². The van der Waals surface area contributed by atoms with Crippen LogP contribution in [0.1, 0.15) is 50.3 Å². The third kappa shape index (κ3) is 9.16. The molecule has 0 amide bonds. The van der Waals surface area contributed by atoms with Crippen molar-refractivity contribution >= 4 is 0 Å². The molecule has 0 fully saturated rings. The van der Waals surface area contributed by atoms with Crippen molar-refractivity contribution in [1.82, 2.24) is 9.97 Å². The number of rotatable bonds is 6. The van der Waals surface area contributed by atoms with Crippen molar-refractivity contribution in [3.8, 4) is 33.6 Å². The smallest absolute Gasteiger partial charge is 0.0163 e. The summed E-state index contributed by atoms with van der Waals surface area (Å²) in [7, 11) is 0. The third-order valence-electron chi connectivity index (χ3n) is 7.32. The van der Waals surface area contributed by atoms with Gasteiger partial charge in [0.25, 0.3) is 0 Å². The van der Waals surface area contributed by atoms with Crippen LogP contribution >= 0.6 is 0 Å². The van der Waals surface area contributed by atoms with E-state index >= 15 is 0 Å². The fourth-order valence-corrected chi connectivity index (χ4v) is 5.10. The molecule has 6 rings (SSSR count). The molecule has 44 heavy (non-hydrogen) atoms. The summed E-state index contributed by atoms with van der Waals surface area (Å²) in [6.07, 6.45) is 4.76. The molecule has 0 aliphatic carbocycles. The molecule has 3 heteroatoms. The van der Waals surface area contributed by atoms with Crippen molar-refractivity contribution in [3.63, 3.8) is 0 Å². The largest absolute Gasteiger partial charge is 0.305 e. The Morgan fingerprint density at radius 3 is 1.98 bits per heavy atom. The van der Waals surface area contributed by atoms with E-state index in [-0.39, 0.29) is 25.5 Å². The molecule has 6 aromatic rings.